The number of Topliss-reactive ketones (excluding diaryl/α,β-unsaturated/α-hetero) is 1. The Morgan fingerprint density at radius 3 is 2.13 bits per heavy atom. The summed E-state index contributed by atoms with van der Waals surface area (Å²) >= 11 is 1.29. The van der Waals surface area contributed by atoms with E-state index in [4.69, 9.17) is 9.47 Å². The zero-order valence-electron chi connectivity index (χ0n) is 13.1. The van der Waals surface area contributed by atoms with Crippen LogP contribution in [0.5, 0.6) is 0 Å². The van der Waals surface area contributed by atoms with E-state index < -0.39 is 17.4 Å². The van der Waals surface area contributed by atoms with E-state index in [1.54, 1.807) is 0 Å². The summed E-state index contributed by atoms with van der Waals surface area (Å²) in [4.78, 5) is 40.5. The van der Waals surface area contributed by atoms with Crippen LogP contribution in [0.1, 0.15) is 24.8 Å². The smallest absolute Gasteiger partial charge is 0.306 e. The van der Waals surface area contributed by atoms with Gasteiger partial charge in [-0.2, -0.15) is 0 Å². The van der Waals surface area contributed by atoms with Crippen molar-refractivity contribution in [3.63, 3.8) is 0 Å². The van der Waals surface area contributed by atoms with Crippen molar-refractivity contribution in [2.75, 3.05) is 14.2 Å². The molecule has 23 heavy (non-hydrogen) atoms. The summed E-state index contributed by atoms with van der Waals surface area (Å²) in [5, 5.41) is 0.419. The van der Waals surface area contributed by atoms with E-state index in [1.807, 2.05) is 24.3 Å². The van der Waals surface area contributed by atoms with Crippen molar-refractivity contribution in [3.05, 3.63) is 29.3 Å². The number of nitrogens with zero attached hydrogens (tertiary/aromatic N) is 1. The SMILES string of the molecule is COC(=O)CC(CC(=O)OC)(C(C)=O)c1nc2ccccc2s1. The highest BCUT2D eigenvalue weighted by atomic mass is 32.1. The van der Waals surface area contributed by atoms with E-state index in [-0.39, 0.29) is 18.6 Å². The maximum absolute atomic E-state index is 12.4. The summed E-state index contributed by atoms with van der Waals surface area (Å²) in [6, 6.07) is 7.39. The van der Waals surface area contributed by atoms with Gasteiger partial charge in [0.2, 0.25) is 0 Å². The number of thiazole rings is 1. The fraction of sp³-hybridized carbons (Fsp3) is 0.375. The Kier molecular flexibility index (Phi) is 5.10. The molecule has 0 fully saturated rings. The highest BCUT2D eigenvalue weighted by Gasteiger charge is 2.45. The predicted molar refractivity (Wildman–Crippen MR) is 85.2 cm³/mol. The molecule has 0 saturated heterocycles. The first-order chi connectivity index (χ1) is 10.9. The molecule has 0 unspecified atom stereocenters. The van der Waals surface area contributed by atoms with Crippen LogP contribution in [-0.2, 0) is 29.3 Å². The van der Waals surface area contributed by atoms with Gasteiger partial charge < -0.3 is 9.47 Å². The maximum atomic E-state index is 12.4. The lowest BCUT2D eigenvalue weighted by Crippen LogP contribution is -2.39. The van der Waals surface area contributed by atoms with E-state index >= 15 is 0 Å². The van der Waals surface area contributed by atoms with Crippen LogP contribution >= 0.6 is 11.3 Å². The van der Waals surface area contributed by atoms with Crippen LogP contribution in [0, 0.1) is 0 Å². The van der Waals surface area contributed by atoms with Crippen molar-refractivity contribution in [2.24, 2.45) is 0 Å². The number of carbonyl (C=O) groups is 3. The van der Waals surface area contributed by atoms with Crippen LogP contribution in [-0.4, -0.2) is 36.9 Å². The first kappa shape index (κ1) is 17.1. The minimum Gasteiger partial charge on any atom is -0.469 e. The average Bonchev–Trinajstić information content (AvgIpc) is 2.97. The summed E-state index contributed by atoms with van der Waals surface area (Å²) in [7, 11) is 2.48. The van der Waals surface area contributed by atoms with Crippen molar-refractivity contribution in [1.29, 1.82) is 0 Å². The number of para-hydroxylation sites is 1. The molecule has 0 aliphatic heterocycles. The highest BCUT2D eigenvalue weighted by molar-refractivity contribution is 7.18. The molecule has 2 rings (SSSR count). The van der Waals surface area contributed by atoms with Gasteiger partial charge in [-0.25, -0.2) is 4.98 Å². The summed E-state index contributed by atoms with van der Waals surface area (Å²) in [5.41, 5.74) is -0.656. The van der Waals surface area contributed by atoms with Gasteiger partial charge in [-0.15, -0.1) is 11.3 Å². The molecule has 0 aliphatic rings. The molecule has 1 heterocycles. The third-order valence-corrected chi connectivity index (χ3v) is 4.97. The van der Waals surface area contributed by atoms with Gasteiger partial charge in [0.15, 0.2) is 0 Å². The molecule has 0 spiro atoms. The summed E-state index contributed by atoms with van der Waals surface area (Å²) in [6.45, 7) is 1.35. The molecule has 0 bridgehead atoms. The van der Waals surface area contributed by atoms with Gasteiger partial charge in [0.25, 0.3) is 0 Å². The van der Waals surface area contributed by atoms with Gasteiger partial charge >= 0.3 is 11.9 Å². The third kappa shape index (κ3) is 3.39. The van der Waals surface area contributed by atoms with E-state index in [1.165, 1.54) is 32.5 Å². The molecule has 1 aromatic carbocycles. The number of rotatable bonds is 6. The third-order valence-electron chi connectivity index (χ3n) is 3.72. The zero-order chi connectivity index (χ0) is 17.0. The number of esters is 2. The zero-order valence-corrected chi connectivity index (χ0v) is 13.9. The molecule has 0 N–H and O–H groups in total. The second-order valence-corrected chi connectivity index (χ2v) is 6.16. The molecule has 0 aliphatic carbocycles. The average molecular weight is 335 g/mol. The first-order valence-corrected chi connectivity index (χ1v) is 7.75. The fourth-order valence-corrected chi connectivity index (χ4v) is 3.53. The molecule has 122 valence electrons. The van der Waals surface area contributed by atoms with Gasteiger partial charge in [-0.1, -0.05) is 12.1 Å². The maximum Gasteiger partial charge on any atom is 0.306 e. The van der Waals surface area contributed by atoms with Crippen LogP contribution in [0.15, 0.2) is 24.3 Å². The molecule has 7 heteroatoms. The molecule has 0 radical (unpaired) electrons. The number of fused-ring (bicyclic) bond motifs is 1. The van der Waals surface area contributed by atoms with Gasteiger partial charge in [0, 0.05) is 0 Å². The summed E-state index contributed by atoms with van der Waals surface area (Å²) < 4.78 is 10.3. The number of aromatic nitrogens is 1. The second-order valence-electron chi connectivity index (χ2n) is 5.13. The van der Waals surface area contributed by atoms with Crippen LogP contribution in [0.25, 0.3) is 10.2 Å². The van der Waals surface area contributed by atoms with Crippen LogP contribution in [0.4, 0.5) is 0 Å². The van der Waals surface area contributed by atoms with E-state index in [0.717, 1.165) is 4.70 Å². The molecule has 1 aromatic heterocycles. The topological polar surface area (TPSA) is 82.6 Å². The normalized spacial score (nSPS) is 11.3. The fourth-order valence-electron chi connectivity index (χ4n) is 2.33. The van der Waals surface area contributed by atoms with Crippen molar-refractivity contribution in [3.8, 4) is 0 Å². The Labute approximate surface area is 137 Å². The lowest BCUT2D eigenvalue weighted by atomic mass is 9.78. The largest absolute Gasteiger partial charge is 0.469 e. The summed E-state index contributed by atoms with van der Waals surface area (Å²) in [6.07, 6.45) is -0.512. The summed E-state index contributed by atoms with van der Waals surface area (Å²) in [5.74, 6) is -1.49. The number of carbonyl (C=O) groups excluding carboxylic acids is 3. The monoisotopic (exact) mass is 335 g/mol. The molecule has 0 atom stereocenters. The van der Waals surface area contributed by atoms with Crippen molar-refractivity contribution in [2.45, 2.75) is 25.2 Å². The van der Waals surface area contributed by atoms with Crippen LogP contribution < -0.4 is 0 Å². The van der Waals surface area contributed by atoms with Gasteiger partial charge in [-0.05, 0) is 19.1 Å². The molecule has 6 nitrogen and oxygen atoms in total. The van der Waals surface area contributed by atoms with Crippen LogP contribution in [0.3, 0.4) is 0 Å². The van der Waals surface area contributed by atoms with E-state index in [2.05, 4.69) is 4.98 Å². The lowest BCUT2D eigenvalue weighted by Gasteiger charge is -2.26. The molecule has 2 aromatic rings. The molecule has 0 saturated carbocycles. The second kappa shape index (κ2) is 6.87. The Morgan fingerprint density at radius 2 is 1.65 bits per heavy atom. The lowest BCUT2D eigenvalue weighted by molar-refractivity contribution is -0.148. The van der Waals surface area contributed by atoms with Gasteiger partial charge in [0.1, 0.15) is 16.2 Å². The Balaban J connectivity index is 2.59. The number of ketones is 1. The standard InChI is InChI=1S/C16H17NO5S/c1-10(18)16(8-13(19)21-2,9-14(20)22-3)15-17-11-6-4-5-7-12(11)23-15/h4-7H,8-9H2,1-3H3. The van der Waals surface area contributed by atoms with Crippen molar-refractivity contribution < 1.29 is 23.9 Å². The quantitative estimate of drug-likeness (QED) is 0.753. The highest BCUT2D eigenvalue weighted by Crippen LogP contribution is 2.38. The molecular formula is C16H17NO5S. The number of hydrogen-bond donors (Lipinski definition) is 0. The minimum atomic E-state index is -1.37. The number of benzene rings is 1. The first-order valence-electron chi connectivity index (χ1n) is 6.93. The van der Waals surface area contributed by atoms with E-state index in [0.29, 0.717) is 10.5 Å². The van der Waals surface area contributed by atoms with E-state index in [9.17, 15) is 14.4 Å². The predicted octanol–water partition coefficient (Wildman–Crippen LogP) is 2.25. The van der Waals surface area contributed by atoms with Crippen LogP contribution in [0.2, 0.25) is 0 Å². The number of hydrogen-bond acceptors (Lipinski definition) is 7. The number of ether oxygens (including phenoxy) is 2. The molecular weight excluding hydrogens is 318 g/mol. The van der Waals surface area contributed by atoms with Gasteiger partial charge in [0.05, 0.1) is 37.3 Å². The van der Waals surface area contributed by atoms with Crippen molar-refractivity contribution >= 4 is 39.3 Å². The molecule has 0 amide bonds. The Bertz CT molecular complexity index is 701. The Morgan fingerprint density at radius 1 is 1.09 bits per heavy atom. The minimum absolute atomic E-state index is 0.256. The van der Waals surface area contributed by atoms with Crippen molar-refractivity contribution in [1.82, 2.24) is 4.98 Å². The van der Waals surface area contributed by atoms with Gasteiger partial charge in [-0.3, -0.25) is 14.4 Å². The number of methoxy groups -OCH3 is 2. The Hall–Kier alpha value is -2.28.